The van der Waals surface area contributed by atoms with Gasteiger partial charge in [0.15, 0.2) is 0 Å². The Morgan fingerprint density at radius 1 is 1.12 bits per heavy atom. The molecule has 0 N–H and O–H groups in total. The summed E-state index contributed by atoms with van der Waals surface area (Å²) in [5, 5.41) is 0. The zero-order valence-electron chi connectivity index (χ0n) is 20.1. The minimum Gasteiger partial charge on any atom is -0.489 e. The van der Waals surface area contributed by atoms with Crippen LogP contribution in [0.4, 0.5) is 0 Å². The quantitative estimate of drug-likeness (QED) is 0.496. The molecule has 2 saturated heterocycles. The highest BCUT2D eigenvalue weighted by Crippen LogP contribution is 2.29. The van der Waals surface area contributed by atoms with Crippen molar-refractivity contribution in [3.8, 4) is 5.75 Å². The number of para-hydroxylation sites is 1. The molecule has 3 aliphatic rings. The van der Waals surface area contributed by atoms with E-state index in [2.05, 4.69) is 24.0 Å². The summed E-state index contributed by atoms with van der Waals surface area (Å²) in [6, 6.07) is 8.01. The predicted octanol–water partition coefficient (Wildman–Crippen LogP) is 1.61. The number of rotatable bonds is 4. The lowest BCUT2D eigenvalue weighted by molar-refractivity contribution is -0.138. The van der Waals surface area contributed by atoms with Crippen LogP contribution in [0.3, 0.4) is 0 Å². The average Bonchev–Trinajstić information content (AvgIpc) is 2.88. The molecule has 2 atom stereocenters. The third-order valence-corrected chi connectivity index (χ3v) is 7.30. The van der Waals surface area contributed by atoms with Crippen LogP contribution in [0, 0.1) is 11.8 Å². The van der Waals surface area contributed by atoms with Gasteiger partial charge in [0.2, 0.25) is 18.2 Å². The molecule has 0 saturated carbocycles. The highest BCUT2D eigenvalue weighted by molar-refractivity contribution is 5.79. The number of carbonyl (C=O) groups excluding carboxylic acids is 3. The van der Waals surface area contributed by atoms with E-state index >= 15 is 0 Å². The molecule has 0 aliphatic carbocycles. The molecule has 3 aliphatic heterocycles. The molecule has 2 bridgehead atoms. The second-order valence-corrected chi connectivity index (χ2v) is 9.43. The van der Waals surface area contributed by atoms with Gasteiger partial charge < -0.3 is 19.4 Å². The van der Waals surface area contributed by atoms with Crippen molar-refractivity contribution in [1.29, 1.82) is 0 Å². The first-order chi connectivity index (χ1) is 16.6. The molecule has 3 amide bonds. The fourth-order valence-corrected chi connectivity index (χ4v) is 5.11. The van der Waals surface area contributed by atoms with Gasteiger partial charge in [0.25, 0.3) is 0 Å². The second-order valence-electron chi connectivity index (χ2n) is 9.43. The number of ether oxygens (including phenoxy) is 1. The number of hydrogen-bond acceptors (Lipinski definition) is 5. The van der Waals surface area contributed by atoms with Crippen molar-refractivity contribution in [3.05, 3.63) is 42.0 Å². The summed E-state index contributed by atoms with van der Waals surface area (Å²) < 4.78 is 6.07. The topological polar surface area (TPSA) is 73.4 Å². The first-order valence-corrected chi connectivity index (χ1v) is 12.4. The van der Waals surface area contributed by atoms with E-state index in [0.29, 0.717) is 65.4 Å². The van der Waals surface area contributed by atoms with Gasteiger partial charge in [-0.05, 0) is 30.9 Å². The highest BCUT2D eigenvalue weighted by atomic mass is 16.5. The Morgan fingerprint density at radius 2 is 1.91 bits per heavy atom. The van der Waals surface area contributed by atoms with E-state index in [9.17, 15) is 14.4 Å². The van der Waals surface area contributed by atoms with Crippen LogP contribution in [0.1, 0.15) is 25.3 Å². The van der Waals surface area contributed by atoms with Crippen LogP contribution < -0.4 is 4.74 Å². The van der Waals surface area contributed by atoms with Crippen LogP contribution in [0.2, 0.25) is 0 Å². The zero-order valence-corrected chi connectivity index (χ0v) is 20.1. The van der Waals surface area contributed by atoms with Gasteiger partial charge in [0, 0.05) is 57.8 Å². The van der Waals surface area contributed by atoms with Crippen molar-refractivity contribution in [3.63, 3.8) is 0 Å². The number of nitrogens with zero attached hydrogens (tertiary/aromatic N) is 4. The molecular weight excluding hydrogens is 432 g/mol. The number of piperidine rings is 1. The lowest BCUT2D eigenvalue weighted by Crippen LogP contribution is -2.50. The van der Waals surface area contributed by atoms with E-state index < -0.39 is 0 Å². The molecule has 1 aromatic rings. The number of hydrogen-bond donors (Lipinski definition) is 0. The summed E-state index contributed by atoms with van der Waals surface area (Å²) in [4.78, 5) is 44.8. The Labute approximate surface area is 202 Å². The molecule has 3 heterocycles. The smallest absolute Gasteiger partial charge is 0.236 e. The summed E-state index contributed by atoms with van der Waals surface area (Å²) in [7, 11) is 0. The minimum atomic E-state index is 0.118. The Balaban J connectivity index is 1.46. The fraction of sp³-hybridized carbons (Fsp3) is 0.577. The molecule has 34 heavy (non-hydrogen) atoms. The first-order valence-electron chi connectivity index (χ1n) is 12.4. The van der Waals surface area contributed by atoms with Crippen molar-refractivity contribution in [2.75, 3.05) is 59.0 Å². The molecule has 0 spiro atoms. The minimum absolute atomic E-state index is 0.118. The Morgan fingerprint density at radius 3 is 2.68 bits per heavy atom. The Hall–Kier alpha value is -2.87. The van der Waals surface area contributed by atoms with Crippen LogP contribution in [0.25, 0.3) is 0 Å². The SMILES string of the molecule is CCN1CC(=O)N2CC[C@@H](CC(=O)N3CCN(C=O)CC3)[C@@H](/C=C\COc3ccccc3C1)C2. The molecule has 4 rings (SSSR count). The standard InChI is InChI=1S/C26H36N4O4/c1-2-27-17-23-6-3-4-8-24(23)34-15-5-7-22-18-30(26(33)19-27)10-9-21(22)16-25(32)29-13-11-28(20-31)12-14-29/h3-8,20-22H,2,9-19H2,1H3/b7-5-/t21-,22-/m0/s1. The molecule has 0 unspecified atom stereocenters. The number of carbonyl (C=O) groups is 3. The fourth-order valence-electron chi connectivity index (χ4n) is 5.11. The summed E-state index contributed by atoms with van der Waals surface area (Å²) >= 11 is 0. The average molecular weight is 469 g/mol. The van der Waals surface area contributed by atoms with Gasteiger partial charge in [-0.3, -0.25) is 19.3 Å². The molecule has 8 nitrogen and oxygen atoms in total. The summed E-state index contributed by atoms with van der Waals surface area (Å²) in [6.07, 6.45) is 6.31. The van der Waals surface area contributed by atoms with E-state index in [1.165, 1.54) is 0 Å². The Kier molecular flexibility index (Phi) is 8.21. The third-order valence-electron chi connectivity index (χ3n) is 7.30. The highest BCUT2D eigenvalue weighted by Gasteiger charge is 2.33. The van der Waals surface area contributed by atoms with Crippen LogP contribution in [-0.2, 0) is 20.9 Å². The number of benzene rings is 1. The molecule has 0 aromatic heterocycles. The molecule has 184 valence electrons. The maximum atomic E-state index is 13.2. The van der Waals surface area contributed by atoms with Gasteiger partial charge >= 0.3 is 0 Å². The van der Waals surface area contributed by atoms with Crippen LogP contribution in [0.15, 0.2) is 36.4 Å². The summed E-state index contributed by atoms with van der Waals surface area (Å²) in [5.41, 5.74) is 1.08. The lowest BCUT2D eigenvalue weighted by atomic mass is 9.82. The van der Waals surface area contributed by atoms with Crippen molar-refractivity contribution in [2.24, 2.45) is 11.8 Å². The summed E-state index contributed by atoms with van der Waals surface area (Å²) in [6.45, 7) is 8.07. The molecule has 2 fully saturated rings. The molecule has 1 aromatic carbocycles. The van der Waals surface area contributed by atoms with Gasteiger partial charge in [0.05, 0.1) is 6.54 Å². The van der Waals surface area contributed by atoms with Crippen molar-refractivity contribution in [2.45, 2.75) is 26.3 Å². The van der Waals surface area contributed by atoms with Gasteiger partial charge in [-0.1, -0.05) is 37.3 Å². The molecule has 0 radical (unpaired) electrons. The van der Waals surface area contributed by atoms with Gasteiger partial charge in [-0.2, -0.15) is 0 Å². The van der Waals surface area contributed by atoms with E-state index in [1.807, 2.05) is 34.1 Å². The summed E-state index contributed by atoms with van der Waals surface area (Å²) in [5.74, 6) is 1.45. The number of likely N-dealkylation sites (N-methyl/N-ethyl adjacent to an activating group) is 1. The van der Waals surface area contributed by atoms with E-state index in [0.717, 1.165) is 30.7 Å². The van der Waals surface area contributed by atoms with Crippen LogP contribution in [0.5, 0.6) is 5.75 Å². The first kappa shape index (κ1) is 24.3. The van der Waals surface area contributed by atoms with Crippen molar-refractivity contribution >= 4 is 18.2 Å². The van der Waals surface area contributed by atoms with Crippen molar-refractivity contribution in [1.82, 2.24) is 19.6 Å². The van der Waals surface area contributed by atoms with E-state index in [-0.39, 0.29) is 23.7 Å². The van der Waals surface area contributed by atoms with Crippen molar-refractivity contribution < 1.29 is 19.1 Å². The number of piperazine rings is 1. The monoisotopic (exact) mass is 468 g/mol. The zero-order chi connectivity index (χ0) is 23.9. The van der Waals surface area contributed by atoms with Gasteiger partial charge in [-0.15, -0.1) is 0 Å². The Bertz CT molecular complexity index is 897. The second kappa shape index (κ2) is 11.5. The van der Waals surface area contributed by atoms with Gasteiger partial charge in [0.1, 0.15) is 12.4 Å². The van der Waals surface area contributed by atoms with Crippen LogP contribution >= 0.6 is 0 Å². The maximum Gasteiger partial charge on any atom is 0.236 e. The largest absolute Gasteiger partial charge is 0.489 e. The predicted molar refractivity (Wildman–Crippen MR) is 129 cm³/mol. The van der Waals surface area contributed by atoms with Gasteiger partial charge in [-0.25, -0.2) is 0 Å². The normalized spacial score (nSPS) is 25.3. The third kappa shape index (κ3) is 5.97. The molecule has 8 heteroatoms. The maximum absolute atomic E-state index is 13.2. The molecular formula is C26H36N4O4. The number of amides is 3. The van der Waals surface area contributed by atoms with Crippen LogP contribution in [-0.4, -0.2) is 96.8 Å². The van der Waals surface area contributed by atoms with E-state index in [1.54, 1.807) is 4.90 Å². The number of fused-ring (bicyclic) bond motifs is 3. The van der Waals surface area contributed by atoms with E-state index in [4.69, 9.17) is 4.74 Å². The lowest BCUT2D eigenvalue weighted by Gasteiger charge is -2.39.